The van der Waals surface area contributed by atoms with Gasteiger partial charge in [-0.25, -0.2) is 9.37 Å². The molecule has 20 heavy (non-hydrogen) atoms. The van der Waals surface area contributed by atoms with Crippen LogP contribution in [0.5, 0.6) is 5.75 Å². The molecule has 2 N–H and O–H groups in total. The van der Waals surface area contributed by atoms with Gasteiger partial charge in [-0.15, -0.1) is 0 Å². The Kier molecular flexibility index (Phi) is 2.87. The van der Waals surface area contributed by atoms with Crippen LogP contribution in [-0.4, -0.2) is 19.8 Å². The Morgan fingerprint density at radius 2 is 1.90 bits per heavy atom. The number of hydrogen-bond donors (Lipinski definition) is 2. The Morgan fingerprint density at radius 1 is 1.15 bits per heavy atom. The molecule has 0 atom stereocenters. The van der Waals surface area contributed by atoms with Crippen molar-refractivity contribution in [1.29, 1.82) is 0 Å². The van der Waals surface area contributed by atoms with Gasteiger partial charge in [-0.1, -0.05) is 12.1 Å². The lowest BCUT2D eigenvalue weighted by Gasteiger charge is -2.09. The van der Waals surface area contributed by atoms with Gasteiger partial charge >= 0.3 is 0 Å². The number of nitrogens with zero attached hydrogens (tertiary/aromatic N) is 2. The zero-order valence-corrected chi connectivity index (χ0v) is 10.2. The molecule has 0 spiro atoms. The largest absolute Gasteiger partial charge is 0.505 e. The second-order valence-electron chi connectivity index (χ2n) is 4.27. The maximum absolute atomic E-state index is 13.4. The van der Waals surface area contributed by atoms with Crippen molar-refractivity contribution in [3.05, 3.63) is 53.9 Å². The van der Waals surface area contributed by atoms with Crippen LogP contribution in [0, 0.1) is 11.6 Å². The quantitative estimate of drug-likeness (QED) is 0.756. The third kappa shape index (κ3) is 1.81. The lowest BCUT2D eigenvalue weighted by Crippen LogP contribution is -2.02. The summed E-state index contributed by atoms with van der Waals surface area (Å²) in [4.78, 5) is 4.20. The van der Waals surface area contributed by atoms with Crippen LogP contribution in [0.25, 0.3) is 16.7 Å². The van der Waals surface area contributed by atoms with Gasteiger partial charge in [0.15, 0.2) is 17.4 Å². The van der Waals surface area contributed by atoms with Crippen LogP contribution in [0.4, 0.5) is 8.78 Å². The third-order valence-electron chi connectivity index (χ3n) is 3.02. The monoisotopic (exact) mass is 276 g/mol. The van der Waals surface area contributed by atoms with Crippen molar-refractivity contribution in [1.82, 2.24) is 9.55 Å². The number of phenolic OH excluding ortho intramolecular Hbond substituents is 1. The third-order valence-corrected chi connectivity index (χ3v) is 3.02. The van der Waals surface area contributed by atoms with E-state index in [1.807, 2.05) is 0 Å². The molecule has 0 aliphatic carbocycles. The summed E-state index contributed by atoms with van der Waals surface area (Å²) in [5, 5.41) is 18.8. The number of hydrogen-bond acceptors (Lipinski definition) is 3. The molecular weight excluding hydrogens is 266 g/mol. The van der Waals surface area contributed by atoms with Gasteiger partial charge in [0.05, 0.1) is 16.7 Å². The molecule has 2 aromatic carbocycles. The topological polar surface area (TPSA) is 58.3 Å². The van der Waals surface area contributed by atoms with Gasteiger partial charge in [0.1, 0.15) is 12.4 Å². The number of benzene rings is 2. The normalized spacial score (nSPS) is 11.2. The minimum Gasteiger partial charge on any atom is -0.505 e. The highest BCUT2D eigenvalue weighted by molar-refractivity contribution is 5.78. The Labute approximate surface area is 112 Å². The predicted octanol–water partition coefficient (Wildman–Crippen LogP) is 2.50. The van der Waals surface area contributed by atoms with E-state index in [0.29, 0.717) is 11.0 Å². The summed E-state index contributed by atoms with van der Waals surface area (Å²) in [6.45, 7) is -0.367. The molecule has 3 aromatic rings. The van der Waals surface area contributed by atoms with E-state index >= 15 is 0 Å². The fourth-order valence-corrected chi connectivity index (χ4v) is 2.16. The number of phenols is 1. The number of halogens is 2. The summed E-state index contributed by atoms with van der Waals surface area (Å²) < 4.78 is 28.1. The van der Waals surface area contributed by atoms with Crippen molar-refractivity contribution in [2.75, 3.05) is 0 Å². The molecule has 6 heteroatoms. The highest BCUT2D eigenvalue weighted by Gasteiger charge is 2.16. The van der Waals surface area contributed by atoms with E-state index in [9.17, 15) is 19.0 Å². The van der Waals surface area contributed by atoms with E-state index in [1.54, 1.807) is 24.3 Å². The molecule has 0 aliphatic heterocycles. The van der Waals surface area contributed by atoms with Crippen molar-refractivity contribution in [3.8, 4) is 11.4 Å². The van der Waals surface area contributed by atoms with E-state index in [1.165, 1.54) is 4.57 Å². The zero-order valence-electron chi connectivity index (χ0n) is 10.2. The molecule has 1 heterocycles. The van der Waals surface area contributed by atoms with Gasteiger partial charge < -0.3 is 10.2 Å². The first-order valence-electron chi connectivity index (χ1n) is 5.87. The number of para-hydroxylation sites is 2. The summed E-state index contributed by atoms with van der Waals surface area (Å²) >= 11 is 0. The van der Waals surface area contributed by atoms with Crippen LogP contribution in [0.3, 0.4) is 0 Å². The average Bonchev–Trinajstić information content (AvgIpc) is 2.82. The number of aliphatic hydroxyl groups is 1. The van der Waals surface area contributed by atoms with Crippen LogP contribution in [0.1, 0.15) is 5.82 Å². The van der Waals surface area contributed by atoms with Gasteiger partial charge in [0, 0.05) is 12.1 Å². The van der Waals surface area contributed by atoms with Crippen LogP contribution in [-0.2, 0) is 6.61 Å². The lowest BCUT2D eigenvalue weighted by molar-refractivity contribution is 0.270. The molecule has 1 aromatic heterocycles. The molecule has 0 bridgehead atoms. The Morgan fingerprint density at radius 3 is 2.60 bits per heavy atom. The second-order valence-corrected chi connectivity index (χ2v) is 4.27. The summed E-state index contributed by atoms with van der Waals surface area (Å²) in [7, 11) is 0. The maximum Gasteiger partial charge on any atom is 0.200 e. The van der Waals surface area contributed by atoms with E-state index in [4.69, 9.17) is 0 Å². The average molecular weight is 276 g/mol. The second kappa shape index (κ2) is 4.57. The molecule has 0 fully saturated rings. The molecule has 0 amide bonds. The number of aromatic nitrogens is 2. The molecule has 4 nitrogen and oxygen atoms in total. The number of rotatable bonds is 2. The van der Waals surface area contributed by atoms with E-state index < -0.39 is 17.4 Å². The number of fused-ring (bicyclic) bond motifs is 1. The van der Waals surface area contributed by atoms with Crippen LogP contribution in [0.15, 0.2) is 36.4 Å². The highest BCUT2D eigenvalue weighted by atomic mass is 19.2. The SMILES string of the molecule is OCc1nc2ccccc2n1-c1cc(O)c(F)c(F)c1. The van der Waals surface area contributed by atoms with Gasteiger partial charge in [0.25, 0.3) is 0 Å². The van der Waals surface area contributed by atoms with Crippen molar-refractivity contribution in [2.45, 2.75) is 6.61 Å². The predicted molar refractivity (Wildman–Crippen MR) is 68.6 cm³/mol. The highest BCUT2D eigenvalue weighted by Crippen LogP contribution is 2.27. The molecule has 0 saturated carbocycles. The first-order chi connectivity index (χ1) is 9.61. The summed E-state index contributed by atoms with van der Waals surface area (Å²) in [6.07, 6.45) is 0. The van der Waals surface area contributed by atoms with Crippen molar-refractivity contribution < 1.29 is 19.0 Å². The van der Waals surface area contributed by atoms with Crippen LogP contribution in [0.2, 0.25) is 0 Å². The fraction of sp³-hybridized carbons (Fsp3) is 0.0714. The van der Waals surface area contributed by atoms with E-state index in [0.717, 1.165) is 12.1 Å². The minimum atomic E-state index is -1.30. The molecule has 0 unspecified atom stereocenters. The summed E-state index contributed by atoms with van der Waals surface area (Å²) in [6, 6.07) is 9.06. The number of aliphatic hydroxyl groups excluding tert-OH is 1. The number of aromatic hydroxyl groups is 1. The maximum atomic E-state index is 13.4. The van der Waals surface area contributed by atoms with Crippen LogP contribution >= 0.6 is 0 Å². The Bertz CT molecular complexity index is 776. The summed E-state index contributed by atoms with van der Waals surface area (Å²) in [5.41, 5.74) is 1.43. The first-order valence-corrected chi connectivity index (χ1v) is 5.87. The van der Waals surface area contributed by atoms with Gasteiger partial charge in [-0.05, 0) is 12.1 Å². The molecule has 0 radical (unpaired) electrons. The summed E-state index contributed by atoms with van der Waals surface area (Å²) in [5.74, 6) is -2.98. The minimum absolute atomic E-state index is 0.194. The van der Waals surface area contributed by atoms with E-state index in [-0.39, 0.29) is 18.1 Å². The van der Waals surface area contributed by atoms with E-state index in [2.05, 4.69) is 4.98 Å². The molecule has 3 rings (SSSR count). The lowest BCUT2D eigenvalue weighted by atomic mass is 10.2. The van der Waals surface area contributed by atoms with Gasteiger partial charge in [0.2, 0.25) is 0 Å². The zero-order chi connectivity index (χ0) is 14.3. The first kappa shape index (κ1) is 12.6. The molecular formula is C14H10F2N2O2. The van der Waals surface area contributed by atoms with Crippen LogP contribution < -0.4 is 0 Å². The standard InChI is InChI=1S/C14H10F2N2O2/c15-9-5-8(6-12(20)14(9)16)18-11-4-2-1-3-10(11)17-13(18)7-19/h1-6,19-20H,7H2. The smallest absolute Gasteiger partial charge is 0.200 e. The van der Waals surface area contributed by atoms with Crippen molar-refractivity contribution in [3.63, 3.8) is 0 Å². The van der Waals surface area contributed by atoms with Crippen molar-refractivity contribution in [2.24, 2.45) is 0 Å². The molecule has 102 valence electrons. The Hall–Kier alpha value is -2.47. The van der Waals surface area contributed by atoms with Gasteiger partial charge in [-0.2, -0.15) is 4.39 Å². The molecule has 0 saturated heterocycles. The number of imidazole rings is 1. The van der Waals surface area contributed by atoms with Crippen molar-refractivity contribution >= 4 is 11.0 Å². The fourth-order valence-electron chi connectivity index (χ4n) is 2.16. The molecule has 0 aliphatic rings. The Balaban J connectivity index is 2.33. The van der Waals surface area contributed by atoms with Gasteiger partial charge in [-0.3, -0.25) is 4.57 Å².